The first-order chi connectivity index (χ1) is 9.46. The van der Waals surface area contributed by atoms with Crippen molar-refractivity contribution in [1.82, 2.24) is 9.80 Å². The highest BCUT2D eigenvalue weighted by atomic mass is 16.6. The van der Waals surface area contributed by atoms with Gasteiger partial charge < -0.3 is 14.5 Å². The Bertz CT molecular complexity index is 354. The van der Waals surface area contributed by atoms with Crippen molar-refractivity contribution >= 4 is 6.09 Å². The van der Waals surface area contributed by atoms with Crippen molar-refractivity contribution in [3.8, 4) is 0 Å². The van der Waals surface area contributed by atoms with Crippen LogP contribution in [-0.2, 0) is 4.74 Å². The average molecular weight is 280 g/mol. The third-order valence-electron chi connectivity index (χ3n) is 3.84. The maximum absolute atomic E-state index is 12.3. The lowest BCUT2D eigenvalue weighted by molar-refractivity contribution is 0.0148. The standard InChI is InChI=1S/C16H28N2O2/c1-16(2,3)20-15(19)18-12-5-4-8-14(18)9-13-17-10-6-7-11-17/h9,13-14H,4-8,10-12H2,1-3H3. The van der Waals surface area contributed by atoms with Crippen molar-refractivity contribution in [2.45, 2.75) is 64.5 Å². The molecule has 1 amide bonds. The number of nitrogens with zero attached hydrogens (tertiary/aromatic N) is 2. The van der Waals surface area contributed by atoms with Crippen molar-refractivity contribution in [2.75, 3.05) is 19.6 Å². The Labute approximate surface area is 122 Å². The highest BCUT2D eigenvalue weighted by Gasteiger charge is 2.29. The van der Waals surface area contributed by atoms with Gasteiger partial charge in [-0.3, -0.25) is 0 Å². The fourth-order valence-electron chi connectivity index (χ4n) is 2.82. The van der Waals surface area contributed by atoms with E-state index < -0.39 is 5.60 Å². The van der Waals surface area contributed by atoms with E-state index in [9.17, 15) is 4.79 Å². The summed E-state index contributed by atoms with van der Waals surface area (Å²) in [6.07, 6.45) is 10.1. The lowest BCUT2D eigenvalue weighted by Gasteiger charge is -2.35. The molecule has 2 saturated heterocycles. The minimum Gasteiger partial charge on any atom is -0.444 e. The number of carbonyl (C=O) groups is 1. The van der Waals surface area contributed by atoms with Crippen LogP contribution in [0.15, 0.2) is 12.3 Å². The number of hydrogen-bond donors (Lipinski definition) is 0. The van der Waals surface area contributed by atoms with Gasteiger partial charge in [-0.2, -0.15) is 0 Å². The molecule has 2 aliphatic rings. The zero-order valence-electron chi connectivity index (χ0n) is 13.1. The third kappa shape index (κ3) is 4.43. The molecule has 2 aliphatic heterocycles. The Hall–Kier alpha value is -1.19. The summed E-state index contributed by atoms with van der Waals surface area (Å²) in [6.45, 7) is 8.87. The minimum absolute atomic E-state index is 0.173. The number of amides is 1. The fourth-order valence-corrected chi connectivity index (χ4v) is 2.82. The molecule has 0 spiro atoms. The predicted octanol–water partition coefficient (Wildman–Crippen LogP) is 3.39. The molecule has 114 valence electrons. The molecule has 0 aromatic heterocycles. The quantitative estimate of drug-likeness (QED) is 0.777. The number of piperidine rings is 1. The Balaban J connectivity index is 1.95. The molecule has 0 saturated carbocycles. The summed E-state index contributed by atoms with van der Waals surface area (Å²) in [5.41, 5.74) is -0.419. The Kier molecular flexibility index (Phi) is 4.95. The SMILES string of the molecule is CC(C)(C)OC(=O)N1CCCCC1C=CN1CCCC1. The largest absolute Gasteiger partial charge is 0.444 e. The van der Waals surface area contributed by atoms with Crippen molar-refractivity contribution < 1.29 is 9.53 Å². The molecule has 1 unspecified atom stereocenters. The van der Waals surface area contributed by atoms with Gasteiger partial charge in [-0.05, 0) is 65.2 Å². The van der Waals surface area contributed by atoms with Crippen LogP contribution in [0.2, 0.25) is 0 Å². The van der Waals surface area contributed by atoms with Crippen molar-refractivity contribution in [3.05, 3.63) is 12.3 Å². The molecule has 0 aliphatic carbocycles. The second-order valence-corrected chi connectivity index (χ2v) is 6.82. The van der Waals surface area contributed by atoms with E-state index >= 15 is 0 Å². The van der Waals surface area contributed by atoms with Gasteiger partial charge in [-0.25, -0.2) is 4.79 Å². The van der Waals surface area contributed by atoms with Gasteiger partial charge in [0.2, 0.25) is 0 Å². The summed E-state index contributed by atoms with van der Waals surface area (Å²) in [6, 6.07) is 0.194. The van der Waals surface area contributed by atoms with Crippen LogP contribution in [-0.4, -0.2) is 47.2 Å². The van der Waals surface area contributed by atoms with Crippen LogP contribution in [0.3, 0.4) is 0 Å². The van der Waals surface area contributed by atoms with E-state index in [1.54, 1.807) is 0 Å². The topological polar surface area (TPSA) is 32.8 Å². The van der Waals surface area contributed by atoms with Gasteiger partial charge in [-0.15, -0.1) is 0 Å². The Morgan fingerprint density at radius 1 is 1.10 bits per heavy atom. The van der Waals surface area contributed by atoms with Crippen LogP contribution < -0.4 is 0 Å². The van der Waals surface area contributed by atoms with Gasteiger partial charge in [-0.1, -0.05) is 0 Å². The Morgan fingerprint density at radius 3 is 2.40 bits per heavy atom. The predicted molar refractivity (Wildman–Crippen MR) is 80.5 cm³/mol. The molecule has 4 heteroatoms. The Morgan fingerprint density at radius 2 is 1.75 bits per heavy atom. The number of hydrogen-bond acceptors (Lipinski definition) is 3. The van der Waals surface area contributed by atoms with E-state index in [1.807, 2.05) is 25.7 Å². The van der Waals surface area contributed by atoms with Gasteiger partial charge >= 0.3 is 6.09 Å². The lowest BCUT2D eigenvalue weighted by atomic mass is 10.0. The van der Waals surface area contributed by atoms with Crippen molar-refractivity contribution in [2.24, 2.45) is 0 Å². The third-order valence-corrected chi connectivity index (χ3v) is 3.84. The van der Waals surface area contributed by atoms with Crippen LogP contribution >= 0.6 is 0 Å². The van der Waals surface area contributed by atoms with Gasteiger partial charge in [0.1, 0.15) is 5.60 Å². The highest BCUT2D eigenvalue weighted by molar-refractivity contribution is 5.69. The van der Waals surface area contributed by atoms with Crippen LogP contribution in [0, 0.1) is 0 Å². The summed E-state index contributed by atoms with van der Waals surface area (Å²) in [7, 11) is 0. The van der Waals surface area contributed by atoms with E-state index in [1.165, 1.54) is 19.3 Å². The molecule has 0 aromatic carbocycles. The smallest absolute Gasteiger partial charge is 0.410 e. The maximum atomic E-state index is 12.3. The van der Waals surface area contributed by atoms with E-state index in [0.717, 1.165) is 32.5 Å². The number of likely N-dealkylation sites (tertiary alicyclic amines) is 2. The molecular weight excluding hydrogens is 252 g/mol. The highest BCUT2D eigenvalue weighted by Crippen LogP contribution is 2.21. The van der Waals surface area contributed by atoms with Crippen LogP contribution in [0.1, 0.15) is 52.9 Å². The first-order valence-electron chi connectivity index (χ1n) is 7.88. The molecule has 4 nitrogen and oxygen atoms in total. The van der Waals surface area contributed by atoms with E-state index in [4.69, 9.17) is 4.74 Å². The molecule has 0 aromatic rings. The minimum atomic E-state index is -0.419. The average Bonchev–Trinajstić information content (AvgIpc) is 2.87. The monoisotopic (exact) mass is 280 g/mol. The van der Waals surface area contributed by atoms with E-state index in [0.29, 0.717) is 0 Å². The van der Waals surface area contributed by atoms with E-state index in [2.05, 4.69) is 17.2 Å². The zero-order valence-corrected chi connectivity index (χ0v) is 13.1. The van der Waals surface area contributed by atoms with E-state index in [-0.39, 0.29) is 12.1 Å². The lowest BCUT2D eigenvalue weighted by Crippen LogP contribution is -2.45. The molecule has 20 heavy (non-hydrogen) atoms. The second-order valence-electron chi connectivity index (χ2n) is 6.82. The first kappa shape index (κ1) is 15.2. The maximum Gasteiger partial charge on any atom is 0.410 e. The molecule has 0 radical (unpaired) electrons. The molecule has 1 atom stereocenters. The van der Waals surface area contributed by atoms with Crippen LogP contribution in [0.5, 0.6) is 0 Å². The van der Waals surface area contributed by atoms with Gasteiger partial charge in [0.05, 0.1) is 6.04 Å². The summed E-state index contributed by atoms with van der Waals surface area (Å²) < 4.78 is 5.52. The van der Waals surface area contributed by atoms with Crippen LogP contribution in [0.4, 0.5) is 4.79 Å². The summed E-state index contributed by atoms with van der Waals surface area (Å²) >= 11 is 0. The van der Waals surface area contributed by atoms with Gasteiger partial charge in [0, 0.05) is 19.6 Å². The number of ether oxygens (including phenoxy) is 1. The van der Waals surface area contributed by atoms with Crippen LogP contribution in [0.25, 0.3) is 0 Å². The molecule has 2 rings (SSSR count). The number of rotatable bonds is 2. The zero-order chi connectivity index (χ0) is 14.6. The molecule has 0 N–H and O–H groups in total. The summed E-state index contributed by atoms with van der Waals surface area (Å²) in [5, 5.41) is 0. The van der Waals surface area contributed by atoms with Gasteiger partial charge in [0.25, 0.3) is 0 Å². The van der Waals surface area contributed by atoms with Gasteiger partial charge in [0.15, 0.2) is 0 Å². The second kappa shape index (κ2) is 6.51. The fraction of sp³-hybridized carbons (Fsp3) is 0.812. The summed E-state index contributed by atoms with van der Waals surface area (Å²) in [5.74, 6) is 0. The van der Waals surface area contributed by atoms with Crippen molar-refractivity contribution in [3.63, 3.8) is 0 Å². The first-order valence-corrected chi connectivity index (χ1v) is 7.88. The van der Waals surface area contributed by atoms with Crippen molar-refractivity contribution in [1.29, 1.82) is 0 Å². The normalized spacial score (nSPS) is 24.4. The molecule has 2 fully saturated rings. The summed E-state index contributed by atoms with van der Waals surface area (Å²) in [4.78, 5) is 16.5. The molecule has 0 bridgehead atoms. The number of carbonyl (C=O) groups excluding carboxylic acids is 1. The molecule has 2 heterocycles. The molecular formula is C16H28N2O2.